The van der Waals surface area contributed by atoms with Gasteiger partial charge in [0, 0.05) is 5.69 Å². The molecule has 0 saturated heterocycles. The van der Waals surface area contributed by atoms with E-state index in [-0.39, 0.29) is 16.7 Å². The Bertz CT molecular complexity index is 720. The number of H-pyrrole nitrogens is 2. The summed E-state index contributed by atoms with van der Waals surface area (Å²) in [6, 6.07) is 7.36. The van der Waals surface area contributed by atoms with E-state index in [0.29, 0.717) is 5.69 Å². The first-order valence-electron chi connectivity index (χ1n) is 5.73. The summed E-state index contributed by atoms with van der Waals surface area (Å²) >= 11 is 0.949. The second kappa shape index (κ2) is 6.20. The van der Waals surface area contributed by atoms with Crippen LogP contribution in [0.3, 0.4) is 0 Å². The van der Waals surface area contributed by atoms with Crippen molar-refractivity contribution in [3.63, 3.8) is 0 Å². The Morgan fingerprint density at radius 3 is 2.65 bits per heavy atom. The minimum absolute atomic E-state index is 0.0238. The number of rotatable bonds is 4. The molecule has 2 rings (SSSR count). The topological polar surface area (TPSA) is 108 Å². The number of nitrogens with one attached hydrogen (secondary N) is 3. The smallest absolute Gasteiger partial charge is 0.325 e. The molecule has 104 valence electrons. The number of hydrogen-bond donors (Lipinski definition) is 3. The molecule has 0 aliphatic heterocycles. The molecule has 20 heavy (non-hydrogen) atoms. The molecule has 1 amide bonds. The van der Waals surface area contributed by atoms with E-state index in [2.05, 4.69) is 15.5 Å². The summed E-state index contributed by atoms with van der Waals surface area (Å²) in [5.41, 5.74) is 0.497. The SMILES string of the molecule is Cc1ccc(NC(=O)CSc2n[nH]c(=O)[nH]c2=O)cc1. The zero-order chi connectivity index (χ0) is 14.5. The van der Waals surface area contributed by atoms with E-state index in [1.807, 2.05) is 24.0 Å². The summed E-state index contributed by atoms with van der Waals surface area (Å²) < 4.78 is 0. The van der Waals surface area contributed by atoms with E-state index in [0.717, 1.165) is 17.3 Å². The molecule has 1 aromatic carbocycles. The second-order valence-corrected chi connectivity index (χ2v) is 4.98. The number of aryl methyl sites for hydroxylation is 1. The van der Waals surface area contributed by atoms with E-state index < -0.39 is 11.2 Å². The van der Waals surface area contributed by atoms with E-state index >= 15 is 0 Å². The Labute approximate surface area is 117 Å². The number of hydrogen-bond acceptors (Lipinski definition) is 5. The average Bonchev–Trinajstić information content (AvgIpc) is 2.40. The summed E-state index contributed by atoms with van der Waals surface area (Å²) in [5.74, 6) is -0.234. The van der Waals surface area contributed by atoms with Crippen molar-refractivity contribution in [2.24, 2.45) is 0 Å². The molecule has 7 nitrogen and oxygen atoms in total. The van der Waals surface area contributed by atoms with Crippen molar-refractivity contribution < 1.29 is 4.79 Å². The third-order valence-electron chi connectivity index (χ3n) is 2.36. The van der Waals surface area contributed by atoms with Crippen molar-refractivity contribution in [3.8, 4) is 0 Å². The molecule has 0 bridgehead atoms. The number of aromatic nitrogens is 3. The van der Waals surface area contributed by atoms with Gasteiger partial charge >= 0.3 is 5.69 Å². The quantitative estimate of drug-likeness (QED) is 0.711. The third kappa shape index (κ3) is 3.82. The van der Waals surface area contributed by atoms with Gasteiger partial charge in [0.25, 0.3) is 5.56 Å². The van der Waals surface area contributed by atoms with Crippen LogP contribution >= 0.6 is 11.8 Å². The predicted octanol–water partition coefficient (Wildman–Crippen LogP) is 0.497. The predicted molar refractivity (Wildman–Crippen MR) is 76.0 cm³/mol. The van der Waals surface area contributed by atoms with E-state index in [9.17, 15) is 14.4 Å². The molecular formula is C12H12N4O3S. The minimum Gasteiger partial charge on any atom is -0.325 e. The number of nitrogens with zero attached hydrogens (tertiary/aromatic N) is 1. The van der Waals surface area contributed by atoms with Gasteiger partial charge in [-0.3, -0.25) is 14.6 Å². The fraction of sp³-hybridized carbons (Fsp3) is 0.167. The number of amides is 1. The summed E-state index contributed by atoms with van der Waals surface area (Å²) in [5, 5.41) is 8.42. The van der Waals surface area contributed by atoms with Gasteiger partial charge in [0.2, 0.25) is 5.91 Å². The van der Waals surface area contributed by atoms with Gasteiger partial charge in [-0.25, -0.2) is 9.89 Å². The average molecular weight is 292 g/mol. The highest BCUT2D eigenvalue weighted by Gasteiger charge is 2.08. The fourth-order valence-electron chi connectivity index (χ4n) is 1.40. The second-order valence-electron chi connectivity index (χ2n) is 4.01. The van der Waals surface area contributed by atoms with Crippen LogP contribution in [0.4, 0.5) is 5.69 Å². The molecule has 0 unspecified atom stereocenters. The molecule has 0 spiro atoms. The van der Waals surface area contributed by atoms with E-state index in [4.69, 9.17) is 0 Å². The summed E-state index contributed by atoms with van der Waals surface area (Å²) in [7, 11) is 0. The number of carbonyl (C=O) groups excluding carboxylic acids is 1. The summed E-state index contributed by atoms with van der Waals surface area (Å²) in [4.78, 5) is 35.9. The van der Waals surface area contributed by atoms with E-state index in [1.54, 1.807) is 12.1 Å². The van der Waals surface area contributed by atoms with Crippen LogP contribution in [0.5, 0.6) is 0 Å². The van der Waals surface area contributed by atoms with Crippen molar-refractivity contribution in [1.82, 2.24) is 15.2 Å². The molecule has 0 aliphatic carbocycles. The maximum atomic E-state index is 11.7. The van der Waals surface area contributed by atoms with Crippen LogP contribution in [0.2, 0.25) is 0 Å². The molecular weight excluding hydrogens is 280 g/mol. The highest BCUT2D eigenvalue weighted by molar-refractivity contribution is 7.99. The number of anilines is 1. The van der Waals surface area contributed by atoms with Gasteiger partial charge in [-0.15, -0.1) is 0 Å². The zero-order valence-corrected chi connectivity index (χ0v) is 11.4. The number of aromatic amines is 2. The molecule has 0 atom stereocenters. The van der Waals surface area contributed by atoms with Crippen LogP contribution in [0.1, 0.15) is 5.56 Å². The summed E-state index contributed by atoms with van der Waals surface area (Å²) in [6.07, 6.45) is 0. The molecule has 1 aromatic heterocycles. The van der Waals surface area contributed by atoms with Crippen molar-refractivity contribution in [3.05, 3.63) is 50.7 Å². The van der Waals surface area contributed by atoms with Gasteiger partial charge in [0.05, 0.1) is 5.75 Å². The van der Waals surface area contributed by atoms with Gasteiger partial charge < -0.3 is 5.32 Å². The molecule has 3 N–H and O–H groups in total. The maximum absolute atomic E-state index is 11.7. The van der Waals surface area contributed by atoms with Crippen molar-refractivity contribution in [1.29, 1.82) is 0 Å². The Kier molecular flexibility index (Phi) is 4.36. The monoisotopic (exact) mass is 292 g/mol. The van der Waals surface area contributed by atoms with Crippen LogP contribution in [-0.2, 0) is 4.79 Å². The number of carbonyl (C=O) groups is 1. The molecule has 0 radical (unpaired) electrons. The van der Waals surface area contributed by atoms with Crippen LogP contribution in [0.25, 0.3) is 0 Å². The summed E-state index contributed by atoms with van der Waals surface area (Å²) in [6.45, 7) is 1.95. The van der Waals surface area contributed by atoms with Crippen LogP contribution in [0, 0.1) is 6.92 Å². The number of thioether (sulfide) groups is 1. The van der Waals surface area contributed by atoms with Crippen LogP contribution < -0.4 is 16.6 Å². The first kappa shape index (κ1) is 14.1. The molecule has 0 aliphatic rings. The Morgan fingerprint density at radius 2 is 2.00 bits per heavy atom. The largest absolute Gasteiger partial charge is 0.342 e. The number of benzene rings is 1. The third-order valence-corrected chi connectivity index (χ3v) is 3.31. The van der Waals surface area contributed by atoms with Gasteiger partial charge in [0.1, 0.15) is 0 Å². The fourth-order valence-corrected chi connectivity index (χ4v) is 2.03. The lowest BCUT2D eigenvalue weighted by molar-refractivity contribution is -0.113. The highest BCUT2D eigenvalue weighted by atomic mass is 32.2. The normalized spacial score (nSPS) is 10.2. The van der Waals surface area contributed by atoms with Crippen LogP contribution in [0.15, 0.2) is 38.9 Å². The van der Waals surface area contributed by atoms with Crippen molar-refractivity contribution in [2.75, 3.05) is 11.1 Å². The Hall–Kier alpha value is -2.35. The Balaban J connectivity index is 1.93. The van der Waals surface area contributed by atoms with Crippen molar-refractivity contribution in [2.45, 2.75) is 11.9 Å². The lowest BCUT2D eigenvalue weighted by Crippen LogP contribution is -2.25. The van der Waals surface area contributed by atoms with Gasteiger partial charge in [-0.05, 0) is 19.1 Å². The molecule has 1 heterocycles. The maximum Gasteiger partial charge on any atom is 0.342 e. The van der Waals surface area contributed by atoms with Gasteiger partial charge in [-0.2, -0.15) is 5.10 Å². The lowest BCUT2D eigenvalue weighted by Gasteiger charge is -2.04. The molecule has 0 fully saturated rings. The first-order valence-corrected chi connectivity index (χ1v) is 6.71. The zero-order valence-electron chi connectivity index (χ0n) is 10.6. The minimum atomic E-state index is -0.677. The first-order chi connectivity index (χ1) is 9.54. The van der Waals surface area contributed by atoms with Gasteiger partial charge in [0.15, 0.2) is 5.03 Å². The van der Waals surface area contributed by atoms with Gasteiger partial charge in [-0.1, -0.05) is 29.5 Å². The molecule has 8 heteroatoms. The molecule has 0 saturated carbocycles. The Morgan fingerprint density at radius 1 is 1.30 bits per heavy atom. The van der Waals surface area contributed by atoms with Crippen molar-refractivity contribution >= 4 is 23.4 Å². The lowest BCUT2D eigenvalue weighted by atomic mass is 10.2. The highest BCUT2D eigenvalue weighted by Crippen LogP contribution is 2.11. The standard InChI is InChI=1S/C12H12N4O3S/c1-7-2-4-8(5-3-7)13-9(17)6-20-11-10(18)14-12(19)16-15-11/h2-5H,6H2,1H3,(H,13,17)(H2,14,16,18,19). The molecule has 2 aromatic rings. The van der Waals surface area contributed by atoms with Crippen LogP contribution in [-0.4, -0.2) is 26.8 Å². The van der Waals surface area contributed by atoms with E-state index in [1.165, 1.54) is 0 Å².